The lowest BCUT2D eigenvalue weighted by Gasteiger charge is -2.35. The molecule has 0 rings (SSSR count). The van der Waals surface area contributed by atoms with Gasteiger partial charge in [0.25, 0.3) is 0 Å². The summed E-state index contributed by atoms with van der Waals surface area (Å²) in [5.41, 5.74) is -1.12. The first kappa shape index (κ1) is 80.2. The van der Waals surface area contributed by atoms with Crippen LogP contribution in [-0.4, -0.2) is 272 Å². The van der Waals surface area contributed by atoms with Gasteiger partial charge in [-0.15, -0.1) is 0 Å². The Bertz CT molecular complexity index is 1330. The molecule has 0 spiro atoms. The highest BCUT2D eigenvalue weighted by atomic mass is 16.6. The van der Waals surface area contributed by atoms with Crippen molar-refractivity contribution in [3.05, 3.63) is 0 Å². The van der Waals surface area contributed by atoms with Gasteiger partial charge in [-0.05, 0) is 66.7 Å². The standard InChI is InChI=1S/C58H114N4O21/c1-50(2)12-19-67-25-29-74-39-40-78-47-57(66)62-58(15-10-9-11-54(63)59-16-22-68-26-30-71-33-36-75-41-44-81-51(3)4,48-79-20-13-55(64)60-17-23-69-27-31-72-34-37-76-42-45-82-52(5)6)49-80-21-14-56(65)61-18-24-70-28-32-73-35-38-77-43-46-83-53(7)8/h50-53H,9-49H2,1-8H3,(H,59,63)(H,60,64)(H,61,65)(H,62,66). The fourth-order valence-electron chi connectivity index (χ4n) is 6.90. The van der Waals surface area contributed by atoms with Gasteiger partial charge in [-0.25, -0.2) is 0 Å². The number of ether oxygens (including phenoxy) is 17. The van der Waals surface area contributed by atoms with Crippen LogP contribution in [0.25, 0.3) is 0 Å². The van der Waals surface area contributed by atoms with Crippen LogP contribution < -0.4 is 21.3 Å². The normalized spacial score (nSPS) is 11.9. The minimum atomic E-state index is -1.12. The van der Waals surface area contributed by atoms with E-state index in [-0.39, 0.29) is 102 Å². The fourth-order valence-corrected chi connectivity index (χ4v) is 6.90. The van der Waals surface area contributed by atoms with Crippen molar-refractivity contribution in [3.63, 3.8) is 0 Å². The largest absolute Gasteiger partial charge is 0.379 e. The first-order chi connectivity index (χ1) is 40.2. The Morgan fingerprint density at radius 2 is 0.614 bits per heavy atom. The van der Waals surface area contributed by atoms with E-state index in [9.17, 15) is 19.2 Å². The van der Waals surface area contributed by atoms with Crippen LogP contribution in [0.15, 0.2) is 0 Å². The third kappa shape index (κ3) is 62.1. The van der Waals surface area contributed by atoms with E-state index in [4.69, 9.17) is 80.5 Å². The van der Waals surface area contributed by atoms with Gasteiger partial charge in [0.15, 0.2) is 0 Å². The van der Waals surface area contributed by atoms with E-state index in [1.54, 1.807) is 0 Å². The van der Waals surface area contributed by atoms with Gasteiger partial charge in [0.2, 0.25) is 23.6 Å². The molecule has 0 aliphatic carbocycles. The van der Waals surface area contributed by atoms with Crippen molar-refractivity contribution in [3.8, 4) is 0 Å². The van der Waals surface area contributed by atoms with E-state index < -0.39 is 11.4 Å². The molecule has 0 radical (unpaired) electrons. The third-order valence-electron chi connectivity index (χ3n) is 11.2. The smallest absolute Gasteiger partial charge is 0.246 e. The van der Waals surface area contributed by atoms with E-state index in [2.05, 4.69) is 35.1 Å². The molecule has 0 unspecified atom stereocenters. The average molecular weight is 1200 g/mol. The van der Waals surface area contributed by atoms with Crippen molar-refractivity contribution in [2.24, 2.45) is 5.92 Å². The predicted octanol–water partition coefficient (Wildman–Crippen LogP) is 3.08. The van der Waals surface area contributed by atoms with Crippen LogP contribution in [0.4, 0.5) is 0 Å². The van der Waals surface area contributed by atoms with Crippen LogP contribution in [0, 0.1) is 5.92 Å². The monoisotopic (exact) mass is 1200 g/mol. The predicted molar refractivity (Wildman–Crippen MR) is 312 cm³/mol. The molecule has 0 fully saturated rings. The Labute approximate surface area is 497 Å². The third-order valence-corrected chi connectivity index (χ3v) is 11.2. The lowest BCUT2D eigenvalue weighted by Crippen LogP contribution is -2.56. The molecule has 492 valence electrons. The summed E-state index contributed by atoms with van der Waals surface area (Å²) in [5.74, 6) is -0.496. The highest BCUT2D eigenvalue weighted by Gasteiger charge is 2.33. The van der Waals surface area contributed by atoms with Crippen LogP contribution >= 0.6 is 0 Å². The van der Waals surface area contributed by atoms with Crippen molar-refractivity contribution < 1.29 is 99.7 Å². The van der Waals surface area contributed by atoms with Crippen molar-refractivity contribution in [2.45, 2.75) is 124 Å². The van der Waals surface area contributed by atoms with Crippen LogP contribution in [0.3, 0.4) is 0 Å². The quantitative estimate of drug-likeness (QED) is 0.0637. The van der Waals surface area contributed by atoms with Gasteiger partial charge in [0.05, 0.1) is 215 Å². The summed E-state index contributed by atoms with van der Waals surface area (Å²) in [6.45, 7) is 27.9. The molecule has 4 N–H and O–H groups in total. The number of hydrogen-bond donors (Lipinski definition) is 4. The molecule has 0 aliphatic rings. The molecular weight excluding hydrogens is 1090 g/mol. The molecule has 4 amide bonds. The Hall–Kier alpha value is -2.80. The minimum absolute atomic E-state index is 0.0348. The van der Waals surface area contributed by atoms with Crippen molar-refractivity contribution >= 4 is 23.6 Å². The number of carbonyl (C=O) groups excluding carboxylic acids is 4. The topological polar surface area (TPSA) is 273 Å². The van der Waals surface area contributed by atoms with Gasteiger partial charge < -0.3 is 102 Å². The molecule has 0 bridgehead atoms. The highest BCUT2D eigenvalue weighted by molar-refractivity contribution is 5.78. The van der Waals surface area contributed by atoms with Crippen LogP contribution in [0.1, 0.15) is 100 Å². The number of unbranched alkanes of at least 4 members (excludes halogenated alkanes) is 1. The van der Waals surface area contributed by atoms with Crippen LogP contribution in [-0.2, 0) is 99.7 Å². The minimum Gasteiger partial charge on any atom is -0.379 e. The number of carbonyl (C=O) groups is 4. The molecule has 0 atom stereocenters. The average Bonchev–Trinajstić information content (AvgIpc) is 3.47. The van der Waals surface area contributed by atoms with Crippen LogP contribution in [0.5, 0.6) is 0 Å². The maximum atomic E-state index is 13.6. The molecule has 0 aliphatic heterocycles. The van der Waals surface area contributed by atoms with Gasteiger partial charge in [-0.3, -0.25) is 19.2 Å². The molecule has 25 nitrogen and oxygen atoms in total. The van der Waals surface area contributed by atoms with Gasteiger partial charge in [-0.1, -0.05) is 20.3 Å². The van der Waals surface area contributed by atoms with E-state index in [0.717, 1.165) is 6.42 Å². The lowest BCUT2D eigenvalue weighted by molar-refractivity contribution is -0.132. The zero-order valence-electron chi connectivity index (χ0n) is 52.4. The molecule has 25 heteroatoms. The molecule has 0 saturated heterocycles. The second kappa shape index (κ2) is 60.9. The summed E-state index contributed by atoms with van der Waals surface area (Å²) in [7, 11) is 0. The maximum Gasteiger partial charge on any atom is 0.246 e. The maximum absolute atomic E-state index is 13.6. The molecule has 83 heavy (non-hydrogen) atoms. The number of hydrogen-bond acceptors (Lipinski definition) is 21. The first-order valence-electron chi connectivity index (χ1n) is 30.3. The molecular formula is C58H114N4O21. The van der Waals surface area contributed by atoms with Gasteiger partial charge in [0, 0.05) is 45.5 Å². The number of rotatable bonds is 66. The molecule has 0 aromatic rings. The zero-order valence-corrected chi connectivity index (χ0v) is 52.4. The summed E-state index contributed by atoms with van der Waals surface area (Å²) in [5, 5.41) is 11.6. The van der Waals surface area contributed by atoms with Crippen molar-refractivity contribution in [1.29, 1.82) is 0 Å². The van der Waals surface area contributed by atoms with Crippen LogP contribution in [0.2, 0.25) is 0 Å². The zero-order chi connectivity index (χ0) is 61.0. The first-order valence-corrected chi connectivity index (χ1v) is 30.3. The molecule has 0 heterocycles. The Kier molecular flexibility index (Phi) is 58.8. The fraction of sp³-hybridized carbons (Fsp3) is 0.931. The second-order valence-corrected chi connectivity index (χ2v) is 20.4. The molecule has 0 saturated carbocycles. The van der Waals surface area contributed by atoms with Crippen molar-refractivity contribution in [2.75, 3.05) is 224 Å². The summed E-state index contributed by atoms with van der Waals surface area (Å²) >= 11 is 0. The molecule has 0 aromatic carbocycles. The van der Waals surface area contributed by atoms with Gasteiger partial charge in [-0.2, -0.15) is 0 Å². The summed E-state index contributed by atoms with van der Waals surface area (Å²) < 4.78 is 95.2. The van der Waals surface area contributed by atoms with E-state index in [1.807, 2.05) is 41.5 Å². The Morgan fingerprint density at radius 3 is 0.952 bits per heavy atom. The van der Waals surface area contributed by atoms with Gasteiger partial charge in [0.1, 0.15) is 6.61 Å². The Morgan fingerprint density at radius 1 is 0.313 bits per heavy atom. The molecule has 0 aromatic heterocycles. The summed E-state index contributed by atoms with van der Waals surface area (Å²) in [4.78, 5) is 52.0. The SMILES string of the molecule is CC(C)CCOCCOCCOCC(=O)NC(CCCCC(=O)NCCOCCOCCOCCOC(C)C)(COCCC(=O)NCCOCCOCCOCCOC(C)C)COCCC(=O)NCCOCCOCCOCCOC(C)C. The van der Waals surface area contributed by atoms with Gasteiger partial charge >= 0.3 is 0 Å². The second-order valence-electron chi connectivity index (χ2n) is 20.4. The summed E-state index contributed by atoms with van der Waals surface area (Å²) in [6.07, 6.45) is 3.11. The number of amides is 4. The van der Waals surface area contributed by atoms with Crippen molar-refractivity contribution in [1.82, 2.24) is 21.3 Å². The lowest BCUT2D eigenvalue weighted by atomic mass is 9.93. The highest BCUT2D eigenvalue weighted by Crippen LogP contribution is 2.19. The number of nitrogens with one attached hydrogen (secondary N) is 4. The Balaban J connectivity index is 5.34. The van der Waals surface area contributed by atoms with E-state index in [0.29, 0.717) is 203 Å². The van der Waals surface area contributed by atoms with E-state index >= 15 is 0 Å². The van der Waals surface area contributed by atoms with E-state index in [1.165, 1.54) is 0 Å². The summed E-state index contributed by atoms with van der Waals surface area (Å²) in [6, 6.07) is 0.